The van der Waals surface area contributed by atoms with Crippen molar-refractivity contribution >= 4 is 6.03 Å². The third-order valence-electron chi connectivity index (χ3n) is 3.74. The maximum Gasteiger partial charge on any atom is 0.317 e. The van der Waals surface area contributed by atoms with E-state index >= 15 is 0 Å². The predicted molar refractivity (Wildman–Crippen MR) is 79.5 cm³/mol. The number of hydrogen-bond acceptors (Lipinski definition) is 2. The molecule has 0 spiro atoms. The lowest BCUT2D eigenvalue weighted by molar-refractivity contribution is 0.113. The van der Waals surface area contributed by atoms with E-state index in [1.54, 1.807) is 11.9 Å². The minimum atomic E-state index is -0.366. The van der Waals surface area contributed by atoms with E-state index in [1.807, 2.05) is 18.2 Å². The average Bonchev–Trinajstić information content (AvgIpc) is 3.29. The lowest BCUT2D eigenvalue weighted by Gasteiger charge is -2.21. The number of benzene rings is 1. The van der Waals surface area contributed by atoms with Crippen LogP contribution in [0.1, 0.15) is 24.8 Å². The molecule has 0 aliphatic heterocycles. The minimum absolute atomic E-state index is 0.0993. The van der Waals surface area contributed by atoms with Gasteiger partial charge in [-0.25, -0.2) is 4.79 Å². The number of carbonyl (C=O) groups excluding carboxylic acids is 1. The first-order valence-electron chi connectivity index (χ1n) is 7.38. The van der Waals surface area contributed by atoms with Gasteiger partial charge >= 0.3 is 6.03 Å². The van der Waals surface area contributed by atoms with Crippen LogP contribution in [0.25, 0.3) is 0 Å². The van der Waals surface area contributed by atoms with Crippen LogP contribution < -0.4 is 5.32 Å². The smallest absolute Gasteiger partial charge is 0.317 e. The summed E-state index contributed by atoms with van der Waals surface area (Å²) >= 11 is 0. The van der Waals surface area contributed by atoms with E-state index in [-0.39, 0.29) is 12.1 Å². The number of rotatable bonds is 7. The molecule has 2 amide bonds. The van der Waals surface area contributed by atoms with Crippen molar-refractivity contribution in [3.8, 4) is 0 Å². The molecule has 1 aliphatic carbocycles. The third kappa shape index (κ3) is 4.85. The Kier molecular flexibility index (Phi) is 5.41. The first-order chi connectivity index (χ1) is 9.66. The van der Waals surface area contributed by atoms with Crippen LogP contribution in [0.4, 0.5) is 4.79 Å². The molecule has 1 aromatic carbocycles. The van der Waals surface area contributed by atoms with Crippen molar-refractivity contribution in [3.05, 3.63) is 35.9 Å². The normalized spacial score (nSPS) is 15.7. The Bertz CT molecular complexity index is 418. The summed E-state index contributed by atoms with van der Waals surface area (Å²) in [6.07, 6.45) is 3.71. The maximum atomic E-state index is 11.8. The average molecular weight is 276 g/mol. The molecule has 1 unspecified atom stereocenters. The summed E-state index contributed by atoms with van der Waals surface area (Å²) in [6.45, 7) is 1.09. The molecule has 2 N–H and O–H groups in total. The number of nitrogens with zero attached hydrogens (tertiary/aromatic N) is 1. The van der Waals surface area contributed by atoms with Gasteiger partial charge in [-0.15, -0.1) is 0 Å². The lowest BCUT2D eigenvalue weighted by atomic mass is 10.1. The van der Waals surface area contributed by atoms with Gasteiger partial charge in [0.25, 0.3) is 0 Å². The molecule has 2 rings (SSSR count). The predicted octanol–water partition coefficient (Wildman–Crippen LogP) is 2.03. The standard InChI is InChI=1S/C16H24N2O2/c1-18(12-15(19)14-9-10-14)16(20)17-11-5-8-13-6-3-2-4-7-13/h2-4,6-7,14-15,19H,5,8-12H2,1H3,(H,17,20). The van der Waals surface area contributed by atoms with Crippen molar-refractivity contribution in [2.24, 2.45) is 5.92 Å². The summed E-state index contributed by atoms with van der Waals surface area (Å²) in [5.74, 6) is 0.406. The molecule has 0 saturated heterocycles. The Hall–Kier alpha value is -1.55. The molecular formula is C16H24N2O2. The molecule has 4 heteroatoms. The molecule has 0 aromatic heterocycles. The molecule has 1 fully saturated rings. The summed E-state index contributed by atoms with van der Waals surface area (Å²) in [5, 5.41) is 12.7. The minimum Gasteiger partial charge on any atom is -0.391 e. The van der Waals surface area contributed by atoms with Crippen molar-refractivity contribution in [1.29, 1.82) is 0 Å². The van der Waals surface area contributed by atoms with Crippen molar-refractivity contribution in [2.75, 3.05) is 20.1 Å². The van der Waals surface area contributed by atoms with Gasteiger partial charge in [0.2, 0.25) is 0 Å². The quantitative estimate of drug-likeness (QED) is 0.749. The number of aliphatic hydroxyl groups excluding tert-OH is 1. The molecule has 4 nitrogen and oxygen atoms in total. The Labute approximate surface area is 120 Å². The number of amides is 2. The van der Waals surface area contributed by atoms with Crippen molar-refractivity contribution in [1.82, 2.24) is 10.2 Å². The summed E-state index contributed by atoms with van der Waals surface area (Å²) < 4.78 is 0. The van der Waals surface area contributed by atoms with Gasteiger partial charge in [0.05, 0.1) is 6.10 Å². The monoisotopic (exact) mass is 276 g/mol. The van der Waals surface area contributed by atoms with Crippen LogP contribution in [0.3, 0.4) is 0 Å². The van der Waals surface area contributed by atoms with E-state index in [2.05, 4.69) is 17.4 Å². The van der Waals surface area contributed by atoms with Crippen LogP contribution in [0, 0.1) is 5.92 Å². The second-order valence-electron chi connectivity index (χ2n) is 5.61. The Morgan fingerprint density at radius 3 is 2.75 bits per heavy atom. The Balaban J connectivity index is 1.59. The van der Waals surface area contributed by atoms with Gasteiger partial charge < -0.3 is 15.3 Å². The Morgan fingerprint density at radius 2 is 2.10 bits per heavy atom. The fraction of sp³-hybridized carbons (Fsp3) is 0.562. The van der Waals surface area contributed by atoms with E-state index in [1.165, 1.54) is 5.56 Å². The van der Waals surface area contributed by atoms with E-state index < -0.39 is 0 Å². The number of aryl methyl sites for hydroxylation is 1. The molecular weight excluding hydrogens is 252 g/mol. The van der Waals surface area contributed by atoms with E-state index in [0.717, 1.165) is 25.7 Å². The van der Waals surface area contributed by atoms with E-state index in [0.29, 0.717) is 19.0 Å². The van der Waals surface area contributed by atoms with Crippen LogP contribution in [0.5, 0.6) is 0 Å². The fourth-order valence-electron chi connectivity index (χ4n) is 2.26. The van der Waals surface area contributed by atoms with Gasteiger partial charge in [0, 0.05) is 20.1 Å². The van der Waals surface area contributed by atoms with Gasteiger partial charge in [-0.3, -0.25) is 0 Å². The fourth-order valence-corrected chi connectivity index (χ4v) is 2.26. The molecule has 1 atom stereocenters. The summed E-state index contributed by atoms with van der Waals surface area (Å²) in [7, 11) is 1.73. The van der Waals surface area contributed by atoms with Gasteiger partial charge in [-0.2, -0.15) is 0 Å². The highest BCUT2D eigenvalue weighted by atomic mass is 16.3. The van der Waals surface area contributed by atoms with Crippen molar-refractivity contribution in [2.45, 2.75) is 31.8 Å². The SMILES string of the molecule is CN(CC(O)C1CC1)C(=O)NCCCc1ccccc1. The van der Waals surface area contributed by atoms with Crippen LogP contribution in [-0.2, 0) is 6.42 Å². The third-order valence-corrected chi connectivity index (χ3v) is 3.74. The summed E-state index contributed by atoms with van der Waals surface area (Å²) in [6, 6.07) is 10.2. The molecule has 0 heterocycles. The van der Waals surface area contributed by atoms with Gasteiger partial charge in [0.1, 0.15) is 0 Å². The van der Waals surface area contributed by atoms with Crippen LogP contribution >= 0.6 is 0 Å². The van der Waals surface area contributed by atoms with Gasteiger partial charge in [0.15, 0.2) is 0 Å². The summed E-state index contributed by atoms with van der Waals surface area (Å²) in [5.41, 5.74) is 1.29. The first kappa shape index (κ1) is 14.9. The second-order valence-corrected chi connectivity index (χ2v) is 5.61. The first-order valence-corrected chi connectivity index (χ1v) is 7.38. The molecule has 1 aliphatic rings. The Morgan fingerprint density at radius 1 is 1.40 bits per heavy atom. The zero-order valence-electron chi connectivity index (χ0n) is 12.1. The number of hydrogen-bond donors (Lipinski definition) is 2. The highest BCUT2D eigenvalue weighted by Crippen LogP contribution is 2.32. The second kappa shape index (κ2) is 7.29. The molecule has 0 radical (unpaired) electrons. The maximum absolute atomic E-state index is 11.8. The van der Waals surface area contributed by atoms with Crippen LogP contribution in [0.2, 0.25) is 0 Å². The molecule has 1 aromatic rings. The largest absolute Gasteiger partial charge is 0.391 e. The number of likely N-dealkylation sites (N-methyl/N-ethyl adjacent to an activating group) is 1. The number of nitrogens with one attached hydrogen (secondary N) is 1. The molecule has 1 saturated carbocycles. The summed E-state index contributed by atoms with van der Waals surface area (Å²) in [4.78, 5) is 13.4. The van der Waals surface area contributed by atoms with Crippen LogP contribution in [-0.4, -0.2) is 42.3 Å². The highest BCUT2D eigenvalue weighted by Gasteiger charge is 2.31. The number of carbonyl (C=O) groups is 1. The number of aliphatic hydroxyl groups is 1. The van der Waals surface area contributed by atoms with Crippen molar-refractivity contribution < 1.29 is 9.90 Å². The van der Waals surface area contributed by atoms with Gasteiger partial charge in [-0.05, 0) is 37.2 Å². The molecule has 20 heavy (non-hydrogen) atoms. The number of urea groups is 1. The van der Waals surface area contributed by atoms with E-state index in [4.69, 9.17) is 0 Å². The zero-order chi connectivity index (χ0) is 14.4. The van der Waals surface area contributed by atoms with Gasteiger partial charge in [-0.1, -0.05) is 30.3 Å². The zero-order valence-corrected chi connectivity index (χ0v) is 12.1. The topological polar surface area (TPSA) is 52.6 Å². The highest BCUT2D eigenvalue weighted by molar-refractivity contribution is 5.73. The van der Waals surface area contributed by atoms with E-state index in [9.17, 15) is 9.90 Å². The van der Waals surface area contributed by atoms with Crippen molar-refractivity contribution in [3.63, 3.8) is 0 Å². The van der Waals surface area contributed by atoms with Crippen LogP contribution in [0.15, 0.2) is 30.3 Å². The molecule has 0 bridgehead atoms. The molecule has 110 valence electrons. The lowest BCUT2D eigenvalue weighted by Crippen LogP contribution is -2.42.